The van der Waals surface area contributed by atoms with Crippen molar-refractivity contribution in [2.75, 3.05) is 12.4 Å². The highest BCUT2D eigenvalue weighted by Crippen LogP contribution is 2.19. The number of phenols is 1. The first-order chi connectivity index (χ1) is 9.74. The fraction of sp³-hybridized carbons (Fsp3) is 0.133. The average molecular weight is 269 g/mol. The molecule has 0 spiro atoms. The summed E-state index contributed by atoms with van der Waals surface area (Å²) in [7, 11) is 1.64. The van der Waals surface area contributed by atoms with Gasteiger partial charge >= 0.3 is 0 Å². The zero-order valence-electron chi connectivity index (χ0n) is 11.1. The van der Waals surface area contributed by atoms with Gasteiger partial charge in [-0.05, 0) is 36.4 Å². The lowest BCUT2D eigenvalue weighted by molar-refractivity contribution is 0.415. The van der Waals surface area contributed by atoms with Crippen molar-refractivity contribution in [3.05, 3.63) is 48.3 Å². The Morgan fingerprint density at radius 3 is 2.75 bits per heavy atom. The monoisotopic (exact) mass is 269 g/mol. The number of ether oxygens (including phenoxy) is 1. The largest absolute Gasteiger partial charge is 0.508 e. The van der Waals surface area contributed by atoms with E-state index in [0.717, 1.165) is 28.3 Å². The Kier molecular flexibility index (Phi) is 3.16. The highest BCUT2D eigenvalue weighted by Gasteiger charge is 2.04. The van der Waals surface area contributed by atoms with E-state index in [1.165, 1.54) is 0 Å². The van der Waals surface area contributed by atoms with E-state index in [-0.39, 0.29) is 5.75 Å². The van der Waals surface area contributed by atoms with Crippen molar-refractivity contribution in [1.82, 2.24) is 9.97 Å². The summed E-state index contributed by atoms with van der Waals surface area (Å²) in [5.74, 6) is 1.91. The van der Waals surface area contributed by atoms with E-state index in [2.05, 4.69) is 15.3 Å². The molecule has 0 saturated carbocycles. The second kappa shape index (κ2) is 5.13. The van der Waals surface area contributed by atoms with Gasteiger partial charge in [-0.15, -0.1) is 0 Å². The summed E-state index contributed by atoms with van der Waals surface area (Å²) in [5.41, 5.74) is 2.79. The SMILES string of the molecule is COc1ccc2nc(CNc3ccc(O)cc3)[nH]c2c1. The van der Waals surface area contributed by atoms with Crippen LogP contribution < -0.4 is 10.1 Å². The van der Waals surface area contributed by atoms with Crippen LogP contribution in [-0.2, 0) is 6.54 Å². The maximum Gasteiger partial charge on any atom is 0.126 e. The van der Waals surface area contributed by atoms with Crippen LogP contribution in [0, 0.1) is 0 Å². The predicted octanol–water partition coefficient (Wildman–Crippen LogP) is 2.89. The Balaban J connectivity index is 1.75. The molecule has 0 unspecified atom stereocenters. The summed E-state index contributed by atoms with van der Waals surface area (Å²) in [4.78, 5) is 7.75. The lowest BCUT2D eigenvalue weighted by Gasteiger charge is -2.03. The molecule has 0 saturated heterocycles. The highest BCUT2D eigenvalue weighted by molar-refractivity contribution is 5.76. The van der Waals surface area contributed by atoms with Gasteiger partial charge in [0.1, 0.15) is 17.3 Å². The number of benzene rings is 2. The highest BCUT2D eigenvalue weighted by atomic mass is 16.5. The fourth-order valence-corrected chi connectivity index (χ4v) is 2.02. The third-order valence-corrected chi connectivity index (χ3v) is 3.07. The second-order valence-corrected chi connectivity index (χ2v) is 4.47. The third kappa shape index (κ3) is 2.51. The molecular weight excluding hydrogens is 254 g/mol. The number of hydrogen-bond donors (Lipinski definition) is 3. The zero-order valence-corrected chi connectivity index (χ0v) is 11.1. The number of H-pyrrole nitrogens is 1. The van der Waals surface area contributed by atoms with Gasteiger partial charge in [0.15, 0.2) is 0 Å². The van der Waals surface area contributed by atoms with Crippen LogP contribution in [0.3, 0.4) is 0 Å². The van der Waals surface area contributed by atoms with Gasteiger partial charge < -0.3 is 20.1 Å². The van der Waals surface area contributed by atoms with E-state index in [1.54, 1.807) is 19.2 Å². The smallest absolute Gasteiger partial charge is 0.126 e. The van der Waals surface area contributed by atoms with Gasteiger partial charge in [-0.2, -0.15) is 0 Å². The van der Waals surface area contributed by atoms with E-state index in [4.69, 9.17) is 4.74 Å². The molecular formula is C15H15N3O2. The number of phenolic OH excluding ortho intramolecular Hbond substituents is 1. The van der Waals surface area contributed by atoms with Crippen molar-refractivity contribution in [2.45, 2.75) is 6.54 Å². The number of rotatable bonds is 4. The van der Waals surface area contributed by atoms with Crippen LogP contribution >= 0.6 is 0 Å². The van der Waals surface area contributed by atoms with E-state index in [0.29, 0.717) is 6.54 Å². The number of hydrogen-bond acceptors (Lipinski definition) is 4. The van der Waals surface area contributed by atoms with Crippen LogP contribution in [0.5, 0.6) is 11.5 Å². The quantitative estimate of drug-likeness (QED) is 0.637. The van der Waals surface area contributed by atoms with Crippen molar-refractivity contribution in [2.24, 2.45) is 0 Å². The summed E-state index contributed by atoms with van der Waals surface area (Å²) < 4.78 is 5.18. The normalized spacial score (nSPS) is 10.7. The number of aromatic hydroxyl groups is 1. The molecule has 5 nitrogen and oxygen atoms in total. The van der Waals surface area contributed by atoms with Gasteiger partial charge in [0.2, 0.25) is 0 Å². The minimum atomic E-state index is 0.256. The Morgan fingerprint density at radius 2 is 2.00 bits per heavy atom. The first-order valence-corrected chi connectivity index (χ1v) is 6.30. The van der Waals surface area contributed by atoms with E-state index >= 15 is 0 Å². The lowest BCUT2D eigenvalue weighted by atomic mass is 10.3. The van der Waals surface area contributed by atoms with Crippen LogP contribution in [0.1, 0.15) is 5.82 Å². The molecule has 3 aromatic rings. The minimum Gasteiger partial charge on any atom is -0.508 e. The van der Waals surface area contributed by atoms with Crippen LogP contribution in [0.2, 0.25) is 0 Å². The Hall–Kier alpha value is -2.69. The van der Waals surface area contributed by atoms with Crippen LogP contribution in [0.15, 0.2) is 42.5 Å². The second-order valence-electron chi connectivity index (χ2n) is 4.47. The lowest BCUT2D eigenvalue weighted by Crippen LogP contribution is -2.00. The summed E-state index contributed by atoms with van der Waals surface area (Å²) in [5, 5.41) is 12.5. The minimum absolute atomic E-state index is 0.256. The number of anilines is 1. The fourth-order valence-electron chi connectivity index (χ4n) is 2.02. The van der Waals surface area contributed by atoms with Gasteiger partial charge in [-0.3, -0.25) is 0 Å². The van der Waals surface area contributed by atoms with Crippen LogP contribution in [-0.4, -0.2) is 22.2 Å². The van der Waals surface area contributed by atoms with E-state index < -0.39 is 0 Å². The first-order valence-electron chi connectivity index (χ1n) is 6.30. The molecule has 0 aliphatic carbocycles. The standard InChI is InChI=1S/C15H15N3O2/c1-20-12-6-7-13-14(8-12)18-15(17-13)9-16-10-2-4-11(19)5-3-10/h2-8,16,19H,9H2,1H3,(H,17,18). The molecule has 0 amide bonds. The number of nitrogens with zero attached hydrogens (tertiary/aromatic N) is 1. The number of aromatic amines is 1. The maximum atomic E-state index is 9.23. The van der Waals surface area contributed by atoms with Gasteiger partial charge in [-0.25, -0.2) is 4.98 Å². The Labute approximate surface area is 116 Å². The summed E-state index contributed by atoms with van der Waals surface area (Å²) in [6.45, 7) is 0.585. The molecule has 2 aromatic carbocycles. The van der Waals surface area contributed by atoms with Crippen molar-refractivity contribution >= 4 is 16.7 Å². The molecule has 102 valence electrons. The molecule has 20 heavy (non-hydrogen) atoms. The van der Waals surface area contributed by atoms with Gasteiger partial charge in [-0.1, -0.05) is 0 Å². The topological polar surface area (TPSA) is 70.2 Å². The molecule has 5 heteroatoms. The summed E-state index contributed by atoms with van der Waals surface area (Å²) >= 11 is 0. The maximum absolute atomic E-state index is 9.23. The molecule has 0 radical (unpaired) electrons. The molecule has 1 aromatic heterocycles. The molecule has 3 rings (SSSR count). The van der Waals surface area contributed by atoms with Gasteiger partial charge in [0, 0.05) is 11.8 Å². The Bertz CT molecular complexity index is 720. The molecule has 0 fully saturated rings. The molecule has 1 heterocycles. The van der Waals surface area contributed by atoms with Crippen molar-refractivity contribution < 1.29 is 9.84 Å². The van der Waals surface area contributed by atoms with Gasteiger partial charge in [0.05, 0.1) is 24.7 Å². The van der Waals surface area contributed by atoms with Gasteiger partial charge in [0.25, 0.3) is 0 Å². The van der Waals surface area contributed by atoms with Crippen molar-refractivity contribution in [3.8, 4) is 11.5 Å². The predicted molar refractivity (Wildman–Crippen MR) is 78.1 cm³/mol. The molecule has 0 bridgehead atoms. The first kappa shape index (κ1) is 12.3. The van der Waals surface area contributed by atoms with Crippen molar-refractivity contribution in [1.29, 1.82) is 0 Å². The molecule has 0 aliphatic rings. The van der Waals surface area contributed by atoms with E-state index in [9.17, 15) is 5.11 Å². The summed E-state index contributed by atoms with van der Waals surface area (Å²) in [6, 6.07) is 12.7. The number of nitrogens with one attached hydrogen (secondary N) is 2. The number of methoxy groups -OCH3 is 1. The average Bonchev–Trinajstić information content (AvgIpc) is 2.88. The van der Waals surface area contributed by atoms with Crippen LogP contribution in [0.4, 0.5) is 5.69 Å². The molecule has 0 atom stereocenters. The third-order valence-electron chi connectivity index (χ3n) is 3.07. The molecule has 0 aliphatic heterocycles. The zero-order chi connectivity index (χ0) is 13.9. The number of aromatic nitrogens is 2. The van der Waals surface area contributed by atoms with E-state index in [1.807, 2.05) is 30.3 Å². The van der Waals surface area contributed by atoms with Crippen LogP contribution in [0.25, 0.3) is 11.0 Å². The molecule has 3 N–H and O–H groups in total. The Morgan fingerprint density at radius 1 is 1.20 bits per heavy atom. The number of imidazole rings is 1. The number of fused-ring (bicyclic) bond motifs is 1. The summed E-state index contributed by atoms with van der Waals surface area (Å²) in [6.07, 6.45) is 0. The van der Waals surface area contributed by atoms with Crippen molar-refractivity contribution in [3.63, 3.8) is 0 Å².